The Labute approximate surface area is 263 Å². The van der Waals surface area contributed by atoms with Crippen molar-refractivity contribution in [2.24, 2.45) is 23.2 Å². The second-order valence-electron chi connectivity index (χ2n) is 13.8. The molecule has 2 atom stereocenters. The van der Waals surface area contributed by atoms with Crippen LogP contribution in [-0.2, 0) is 20.7 Å². The number of carbonyl (C=O) groups excluding carboxylic acids is 2. The Morgan fingerprint density at radius 3 is 2.16 bits per heavy atom. The lowest BCUT2D eigenvalue weighted by molar-refractivity contribution is -0.219. The SMILES string of the molecule is COC(=O)c1ccc(Oc2cc(Cl)cc(CC3N4CCN(CC4)N3C(C(=O)O)C(=O)CC34CC5CC(CC(C5)C3)C4)c2)cc1. The third-order valence-electron chi connectivity index (χ3n) is 10.7. The van der Waals surface area contributed by atoms with Crippen molar-refractivity contribution < 1.29 is 29.0 Å². The van der Waals surface area contributed by atoms with Gasteiger partial charge >= 0.3 is 11.9 Å². The zero-order chi connectivity index (χ0) is 30.6. The molecule has 9 nitrogen and oxygen atoms in total. The topological polar surface area (TPSA) is 99.6 Å². The van der Waals surface area contributed by atoms with Crippen molar-refractivity contribution >= 4 is 29.3 Å². The Bertz CT molecular complexity index is 1400. The third-order valence-corrected chi connectivity index (χ3v) is 10.9. The smallest absolute Gasteiger partial charge is 0.337 e. The van der Waals surface area contributed by atoms with Gasteiger partial charge in [0.15, 0.2) is 11.8 Å². The van der Waals surface area contributed by atoms with E-state index in [1.165, 1.54) is 26.4 Å². The molecule has 9 rings (SSSR count). The second-order valence-corrected chi connectivity index (χ2v) is 14.2. The first-order chi connectivity index (χ1) is 21.2. The summed E-state index contributed by atoms with van der Waals surface area (Å²) in [6, 6.07) is 11.0. The molecule has 2 aromatic carbocycles. The molecule has 3 saturated heterocycles. The van der Waals surface area contributed by atoms with E-state index in [1.54, 1.807) is 30.3 Å². The molecule has 0 amide bonds. The van der Waals surface area contributed by atoms with Crippen molar-refractivity contribution in [2.45, 2.75) is 63.6 Å². The molecule has 1 N–H and O–H groups in total. The van der Waals surface area contributed by atoms with Crippen LogP contribution in [0, 0.1) is 23.2 Å². The molecule has 2 aromatic rings. The number of carboxylic acid groups (broad SMARTS) is 1. The Hall–Kier alpha value is -2.98. The number of esters is 1. The van der Waals surface area contributed by atoms with E-state index in [0.29, 0.717) is 65.8 Å². The standard InChI is InChI=1S/C34H40ClN3O6/c1-43-33(42)25-2-4-27(5-3-25)44-28-14-21(13-26(35)16-28)15-30-36-6-8-37(9-7-36)38(30)31(32(40)41)29(39)20-34-17-22-10-23(18-34)12-24(11-22)19-34/h2-5,13-14,16,22-24,30-31H,6-12,15,17-20H2,1H3,(H,40,41). The average molecular weight is 622 g/mol. The van der Waals surface area contributed by atoms with Gasteiger partial charge in [-0.05, 0) is 110 Å². The zero-order valence-corrected chi connectivity index (χ0v) is 25.9. The Balaban J connectivity index is 1.11. The number of methoxy groups -OCH3 is 1. The molecule has 4 saturated carbocycles. The van der Waals surface area contributed by atoms with Crippen molar-refractivity contribution in [3.8, 4) is 11.5 Å². The van der Waals surface area contributed by atoms with Gasteiger partial charge in [-0.15, -0.1) is 0 Å². The Morgan fingerprint density at radius 2 is 1.57 bits per heavy atom. The molecule has 0 aromatic heterocycles. The van der Waals surface area contributed by atoms with Gasteiger partial charge in [0.25, 0.3) is 0 Å². The van der Waals surface area contributed by atoms with Crippen LogP contribution in [0.25, 0.3) is 0 Å². The van der Waals surface area contributed by atoms with E-state index in [1.807, 2.05) is 17.1 Å². The summed E-state index contributed by atoms with van der Waals surface area (Å²) in [4.78, 5) is 41.1. The molecule has 10 heteroatoms. The number of nitrogens with zero attached hydrogens (tertiary/aromatic N) is 3. The predicted molar refractivity (Wildman–Crippen MR) is 163 cm³/mol. The largest absolute Gasteiger partial charge is 0.480 e. The molecule has 7 fully saturated rings. The predicted octanol–water partition coefficient (Wildman–Crippen LogP) is 5.26. The number of aliphatic carboxylic acids is 1. The van der Waals surface area contributed by atoms with E-state index < -0.39 is 18.0 Å². The van der Waals surface area contributed by atoms with Gasteiger partial charge in [-0.2, -0.15) is 0 Å². The molecule has 2 unspecified atom stereocenters. The lowest BCUT2D eigenvalue weighted by Gasteiger charge is -2.58. The van der Waals surface area contributed by atoms with Crippen LogP contribution in [-0.4, -0.2) is 83.2 Å². The molecule has 4 aliphatic carbocycles. The van der Waals surface area contributed by atoms with Crippen LogP contribution in [0.1, 0.15) is 60.9 Å². The van der Waals surface area contributed by atoms with Crippen molar-refractivity contribution in [3.63, 3.8) is 0 Å². The van der Waals surface area contributed by atoms with Gasteiger partial charge in [-0.3, -0.25) is 9.69 Å². The summed E-state index contributed by atoms with van der Waals surface area (Å²) in [7, 11) is 1.34. The van der Waals surface area contributed by atoms with Gasteiger partial charge in [-0.1, -0.05) is 11.6 Å². The summed E-state index contributed by atoms with van der Waals surface area (Å²) in [5.74, 6) is 1.56. The molecule has 3 heterocycles. The first kappa shape index (κ1) is 29.7. The minimum Gasteiger partial charge on any atom is -0.480 e. The van der Waals surface area contributed by atoms with Crippen molar-refractivity contribution in [1.82, 2.24) is 14.9 Å². The Morgan fingerprint density at radius 1 is 0.932 bits per heavy atom. The lowest BCUT2D eigenvalue weighted by Crippen LogP contribution is -2.74. The van der Waals surface area contributed by atoms with Gasteiger partial charge in [0.2, 0.25) is 0 Å². The Kier molecular flexibility index (Phi) is 7.93. The number of ketones is 1. The van der Waals surface area contributed by atoms with Crippen molar-refractivity contribution in [2.75, 3.05) is 33.3 Å². The normalized spacial score (nSPS) is 32.8. The van der Waals surface area contributed by atoms with Crippen LogP contribution in [0.4, 0.5) is 0 Å². The van der Waals surface area contributed by atoms with E-state index in [4.69, 9.17) is 21.1 Å². The first-order valence-corrected chi connectivity index (χ1v) is 16.2. The number of Topliss-reactive ketones (excluding diaryl/α,β-unsaturated/α-hetero) is 1. The van der Waals surface area contributed by atoms with Crippen molar-refractivity contribution in [1.29, 1.82) is 0 Å². The molecule has 6 bridgehead atoms. The van der Waals surface area contributed by atoms with E-state index in [9.17, 15) is 19.5 Å². The van der Waals surface area contributed by atoms with Crippen LogP contribution in [0.2, 0.25) is 5.02 Å². The van der Waals surface area contributed by atoms with E-state index >= 15 is 0 Å². The highest BCUT2D eigenvalue weighted by molar-refractivity contribution is 6.30. The van der Waals surface area contributed by atoms with Gasteiger partial charge in [0.1, 0.15) is 11.5 Å². The second kappa shape index (κ2) is 11.7. The van der Waals surface area contributed by atoms with E-state index in [0.717, 1.165) is 37.9 Å². The fraction of sp³-hybridized carbons (Fsp3) is 0.559. The fourth-order valence-electron chi connectivity index (χ4n) is 9.45. The zero-order valence-electron chi connectivity index (χ0n) is 25.1. The van der Waals surface area contributed by atoms with Gasteiger partial charge in [-0.25, -0.2) is 19.6 Å². The summed E-state index contributed by atoms with van der Waals surface area (Å²) in [6.07, 6.45) is 7.67. The summed E-state index contributed by atoms with van der Waals surface area (Å²) < 4.78 is 10.9. The molecule has 7 aliphatic rings. The molecular formula is C34H40ClN3O6. The lowest BCUT2D eigenvalue weighted by atomic mass is 9.48. The number of piperazine rings is 1. The van der Waals surface area contributed by atoms with Gasteiger partial charge in [0, 0.05) is 44.0 Å². The van der Waals surface area contributed by atoms with Gasteiger partial charge in [0.05, 0.1) is 18.8 Å². The van der Waals surface area contributed by atoms with Crippen molar-refractivity contribution in [3.05, 3.63) is 58.6 Å². The first-order valence-electron chi connectivity index (χ1n) is 15.9. The quantitative estimate of drug-likeness (QED) is 0.281. The number of hydrogen-bond donors (Lipinski definition) is 1. The molecule has 234 valence electrons. The summed E-state index contributed by atoms with van der Waals surface area (Å²) in [6.45, 7) is 3.03. The number of carbonyl (C=O) groups is 3. The monoisotopic (exact) mass is 621 g/mol. The van der Waals surface area contributed by atoms with Crippen LogP contribution in [0.15, 0.2) is 42.5 Å². The summed E-state index contributed by atoms with van der Waals surface area (Å²) in [5, 5.41) is 15.0. The molecule has 0 radical (unpaired) electrons. The summed E-state index contributed by atoms with van der Waals surface area (Å²) in [5.41, 5.74) is 1.29. The van der Waals surface area contributed by atoms with E-state index in [-0.39, 0.29) is 17.4 Å². The molecular weight excluding hydrogens is 582 g/mol. The number of hydrogen-bond acceptors (Lipinski definition) is 8. The molecule has 0 spiro atoms. The van der Waals surface area contributed by atoms with Crippen LogP contribution >= 0.6 is 11.6 Å². The summed E-state index contributed by atoms with van der Waals surface area (Å²) >= 11 is 6.54. The maximum atomic E-state index is 14.1. The fourth-order valence-corrected chi connectivity index (χ4v) is 9.69. The number of rotatable bonds is 10. The van der Waals surface area contributed by atoms with Gasteiger partial charge < -0.3 is 14.6 Å². The number of ether oxygens (including phenoxy) is 2. The minimum absolute atomic E-state index is 0.0201. The minimum atomic E-state index is -1.21. The number of hydrazine groups is 1. The molecule has 44 heavy (non-hydrogen) atoms. The molecule has 3 aliphatic heterocycles. The van der Waals surface area contributed by atoms with E-state index in [2.05, 4.69) is 9.91 Å². The number of carboxylic acids is 1. The van der Waals surface area contributed by atoms with Crippen LogP contribution < -0.4 is 4.74 Å². The van der Waals surface area contributed by atoms with Crippen LogP contribution in [0.3, 0.4) is 0 Å². The highest BCUT2D eigenvalue weighted by Gasteiger charge is 2.54. The maximum absolute atomic E-state index is 14.1. The van der Waals surface area contributed by atoms with Crippen LogP contribution in [0.5, 0.6) is 11.5 Å². The number of benzene rings is 2. The highest BCUT2D eigenvalue weighted by atomic mass is 35.5. The third kappa shape index (κ3) is 5.75. The highest BCUT2D eigenvalue weighted by Crippen LogP contribution is 2.61. The average Bonchev–Trinajstić information content (AvgIpc) is 2.97. The number of halogens is 1. The number of fused-ring (bicyclic) bond motifs is 3. The maximum Gasteiger partial charge on any atom is 0.337 e.